The van der Waals surface area contributed by atoms with Gasteiger partial charge in [-0.05, 0) is 51.1 Å². The van der Waals surface area contributed by atoms with Gasteiger partial charge in [0.15, 0.2) is 0 Å². The SMILES string of the molecule is CC(CN1CCCC1)Nc1ccc(Cl)cc1C(=O)O. The van der Waals surface area contributed by atoms with Crippen LogP contribution in [0.25, 0.3) is 0 Å². The third-order valence-electron chi connectivity index (χ3n) is 3.34. The summed E-state index contributed by atoms with van der Waals surface area (Å²) in [6.07, 6.45) is 2.52. The maximum absolute atomic E-state index is 11.2. The van der Waals surface area contributed by atoms with Crippen molar-refractivity contribution in [2.24, 2.45) is 0 Å². The predicted molar refractivity (Wildman–Crippen MR) is 77.2 cm³/mol. The van der Waals surface area contributed by atoms with E-state index in [1.165, 1.54) is 18.9 Å². The first-order valence-corrected chi connectivity index (χ1v) is 6.96. The van der Waals surface area contributed by atoms with Gasteiger partial charge in [-0.1, -0.05) is 11.6 Å². The molecule has 104 valence electrons. The van der Waals surface area contributed by atoms with E-state index in [4.69, 9.17) is 11.6 Å². The molecule has 1 aromatic rings. The first kappa shape index (κ1) is 14.2. The van der Waals surface area contributed by atoms with Gasteiger partial charge in [0.25, 0.3) is 0 Å². The number of hydrogen-bond donors (Lipinski definition) is 2. The van der Waals surface area contributed by atoms with Crippen LogP contribution in [0.2, 0.25) is 5.02 Å². The van der Waals surface area contributed by atoms with Crippen LogP contribution in [0.4, 0.5) is 5.69 Å². The number of rotatable bonds is 5. The Kier molecular flexibility index (Phi) is 4.66. The molecule has 1 saturated heterocycles. The van der Waals surface area contributed by atoms with Gasteiger partial charge in [-0.15, -0.1) is 0 Å². The van der Waals surface area contributed by atoms with E-state index < -0.39 is 5.97 Å². The number of aromatic carboxylic acids is 1. The third-order valence-corrected chi connectivity index (χ3v) is 3.58. The molecule has 1 fully saturated rings. The molecular weight excluding hydrogens is 264 g/mol. The molecule has 0 radical (unpaired) electrons. The number of benzene rings is 1. The molecule has 0 amide bonds. The maximum Gasteiger partial charge on any atom is 0.337 e. The van der Waals surface area contributed by atoms with Crippen LogP contribution in [-0.2, 0) is 0 Å². The molecule has 1 aromatic carbocycles. The molecule has 0 aromatic heterocycles. The summed E-state index contributed by atoms with van der Waals surface area (Å²) in [6.45, 7) is 5.27. The molecule has 19 heavy (non-hydrogen) atoms. The number of carbonyl (C=O) groups is 1. The molecular formula is C14H19ClN2O2. The maximum atomic E-state index is 11.2. The number of halogens is 1. The van der Waals surface area contributed by atoms with Gasteiger partial charge in [-0.3, -0.25) is 0 Å². The second-order valence-electron chi connectivity index (χ2n) is 5.05. The Bertz CT molecular complexity index is 459. The van der Waals surface area contributed by atoms with Crippen molar-refractivity contribution in [1.82, 2.24) is 4.90 Å². The molecule has 2 rings (SSSR count). The van der Waals surface area contributed by atoms with Gasteiger partial charge in [0, 0.05) is 23.3 Å². The van der Waals surface area contributed by atoms with Gasteiger partial charge >= 0.3 is 5.97 Å². The molecule has 0 saturated carbocycles. The number of likely N-dealkylation sites (tertiary alicyclic amines) is 1. The van der Waals surface area contributed by atoms with E-state index in [0.717, 1.165) is 19.6 Å². The van der Waals surface area contributed by atoms with Crippen LogP contribution in [-0.4, -0.2) is 41.7 Å². The van der Waals surface area contributed by atoms with Crippen LogP contribution in [0, 0.1) is 0 Å². The van der Waals surface area contributed by atoms with E-state index in [-0.39, 0.29) is 11.6 Å². The largest absolute Gasteiger partial charge is 0.478 e. The van der Waals surface area contributed by atoms with Crippen molar-refractivity contribution in [3.8, 4) is 0 Å². The zero-order chi connectivity index (χ0) is 13.8. The van der Waals surface area contributed by atoms with Crippen molar-refractivity contribution in [3.63, 3.8) is 0 Å². The van der Waals surface area contributed by atoms with Crippen LogP contribution < -0.4 is 5.32 Å². The average molecular weight is 283 g/mol. The van der Waals surface area contributed by atoms with Crippen LogP contribution in [0.15, 0.2) is 18.2 Å². The number of carboxylic acids is 1. The molecule has 4 nitrogen and oxygen atoms in total. The Morgan fingerprint density at radius 1 is 1.47 bits per heavy atom. The molecule has 0 spiro atoms. The molecule has 5 heteroatoms. The van der Waals surface area contributed by atoms with E-state index in [2.05, 4.69) is 17.1 Å². The molecule has 0 aliphatic carbocycles. The summed E-state index contributed by atoms with van der Waals surface area (Å²) in [5.74, 6) is -0.960. The first-order chi connectivity index (χ1) is 9.06. The van der Waals surface area contributed by atoms with E-state index in [1.54, 1.807) is 12.1 Å². The monoisotopic (exact) mass is 282 g/mol. The van der Waals surface area contributed by atoms with Gasteiger partial charge in [0.1, 0.15) is 0 Å². The minimum absolute atomic E-state index is 0.206. The summed E-state index contributed by atoms with van der Waals surface area (Å²) in [6, 6.07) is 5.12. The highest BCUT2D eigenvalue weighted by Gasteiger charge is 2.17. The zero-order valence-corrected chi connectivity index (χ0v) is 11.8. The lowest BCUT2D eigenvalue weighted by Gasteiger charge is -2.22. The second-order valence-corrected chi connectivity index (χ2v) is 5.48. The third kappa shape index (κ3) is 3.85. The lowest BCUT2D eigenvalue weighted by molar-refractivity contribution is 0.0698. The Hall–Kier alpha value is -1.26. The lowest BCUT2D eigenvalue weighted by Crippen LogP contribution is -2.33. The van der Waals surface area contributed by atoms with E-state index >= 15 is 0 Å². The van der Waals surface area contributed by atoms with Crippen LogP contribution in [0.5, 0.6) is 0 Å². The van der Waals surface area contributed by atoms with Gasteiger partial charge in [0.05, 0.1) is 5.56 Å². The highest BCUT2D eigenvalue weighted by atomic mass is 35.5. The fraction of sp³-hybridized carbons (Fsp3) is 0.500. The fourth-order valence-corrected chi connectivity index (χ4v) is 2.65. The summed E-state index contributed by atoms with van der Waals surface area (Å²) in [4.78, 5) is 13.6. The van der Waals surface area contributed by atoms with Crippen LogP contribution in [0.1, 0.15) is 30.1 Å². The predicted octanol–water partition coefficient (Wildman–Crippen LogP) is 2.93. The molecule has 1 aliphatic rings. The van der Waals surface area contributed by atoms with Crippen molar-refractivity contribution < 1.29 is 9.90 Å². The fourth-order valence-electron chi connectivity index (χ4n) is 2.48. The van der Waals surface area contributed by atoms with Crippen molar-refractivity contribution in [2.45, 2.75) is 25.8 Å². The lowest BCUT2D eigenvalue weighted by atomic mass is 10.1. The molecule has 1 heterocycles. The van der Waals surface area contributed by atoms with Crippen molar-refractivity contribution in [1.29, 1.82) is 0 Å². The van der Waals surface area contributed by atoms with Gasteiger partial charge < -0.3 is 15.3 Å². The van der Waals surface area contributed by atoms with E-state index in [1.807, 2.05) is 0 Å². The Labute approximate surface area is 118 Å². The van der Waals surface area contributed by atoms with Crippen molar-refractivity contribution in [3.05, 3.63) is 28.8 Å². The highest BCUT2D eigenvalue weighted by molar-refractivity contribution is 6.31. The van der Waals surface area contributed by atoms with Crippen molar-refractivity contribution >= 4 is 23.3 Å². The van der Waals surface area contributed by atoms with Gasteiger partial charge in [0.2, 0.25) is 0 Å². The highest BCUT2D eigenvalue weighted by Crippen LogP contribution is 2.22. The van der Waals surface area contributed by atoms with Crippen molar-refractivity contribution in [2.75, 3.05) is 25.0 Å². The molecule has 1 aliphatic heterocycles. The number of nitrogens with zero attached hydrogens (tertiary/aromatic N) is 1. The first-order valence-electron chi connectivity index (χ1n) is 6.58. The Morgan fingerprint density at radius 3 is 2.79 bits per heavy atom. The summed E-state index contributed by atoms with van der Waals surface area (Å²) in [5.41, 5.74) is 0.851. The smallest absolute Gasteiger partial charge is 0.337 e. The normalized spacial score (nSPS) is 17.4. The minimum atomic E-state index is -0.960. The summed E-state index contributed by atoms with van der Waals surface area (Å²) < 4.78 is 0. The topological polar surface area (TPSA) is 52.6 Å². The van der Waals surface area contributed by atoms with Gasteiger partial charge in [-0.25, -0.2) is 4.79 Å². The number of carboxylic acid groups (broad SMARTS) is 1. The summed E-state index contributed by atoms with van der Waals surface area (Å²) in [5, 5.41) is 12.9. The van der Waals surface area contributed by atoms with E-state index in [0.29, 0.717) is 10.7 Å². The summed E-state index contributed by atoms with van der Waals surface area (Å²) >= 11 is 5.84. The van der Waals surface area contributed by atoms with Crippen LogP contribution in [0.3, 0.4) is 0 Å². The second kappa shape index (κ2) is 6.26. The quantitative estimate of drug-likeness (QED) is 0.872. The number of nitrogens with one attached hydrogen (secondary N) is 1. The number of hydrogen-bond acceptors (Lipinski definition) is 3. The molecule has 0 bridgehead atoms. The Balaban J connectivity index is 2.03. The average Bonchev–Trinajstić information content (AvgIpc) is 2.83. The summed E-state index contributed by atoms with van der Waals surface area (Å²) in [7, 11) is 0. The molecule has 1 atom stereocenters. The standard InChI is InChI=1S/C14H19ClN2O2/c1-10(9-17-6-2-3-7-17)16-13-5-4-11(15)8-12(13)14(18)19/h4-5,8,10,16H,2-3,6-7,9H2,1H3,(H,18,19). The molecule has 2 N–H and O–H groups in total. The minimum Gasteiger partial charge on any atom is -0.478 e. The van der Waals surface area contributed by atoms with E-state index in [9.17, 15) is 9.90 Å². The zero-order valence-electron chi connectivity index (χ0n) is 11.0. The molecule has 1 unspecified atom stereocenters. The van der Waals surface area contributed by atoms with Gasteiger partial charge in [-0.2, -0.15) is 0 Å². The van der Waals surface area contributed by atoms with Crippen LogP contribution >= 0.6 is 11.6 Å². The Morgan fingerprint density at radius 2 is 2.16 bits per heavy atom. The number of anilines is 1.